The summed E-state index contributed by atoms with van der Waals surface area (Å²) in [5, 5.41) is 10.3. The maximum Gasteiger partial charge on any atom is 0.307 e. The van der Waals surface area contributed by atoms with Gasteiger partial charge in [0.25, 0.3) is 5.56 Å². The summed E-state index contributed by atoms with van der Waals surface area (Å²) in [4.78, 5) is 24.0. The molecule has 0 atom stereocenters. The van der Waals surface area contributed by atoms with E-state index >= 15 is 0 Å². The first-order valence-electron chi connectivity index (χ1n) is 7.75. The fourth-order valence-corrected chi connectivity index (χ4v) is 3.31. The molecule has 7 heteroatoms. The number of carboxylic acid groups (broad SMARTS) is 1. The second kappa shape index (κ2) is 7.09. The van der Waals surface area contributed by atoms with Crippen LogP contribution in [0.15, 0.2) is 41.2 Å². The number of aromatic nitrogens is 1. The molecule has 0 aliphatic heterocycles. The molecule has 134 valence electrons. The number of nitrogens with zero attached hydrogens (tertiary/aromatic N) is 1. The second-order valence-electron chi connectivity index (χ2n) is 5.98. The minimum Gasteiger partial charge on any atom is -0.481 e. The predicted octanol–water partition coefficient (Wildman–Crippen LogP) is 4.43. The lowest BCUT2D eigenvalue weighted by Gasteiger charge is -2.16. The largest absolute Gasteiger partial charge is 0.481 e. The first-order valence-corrected chi connectivity index (χ1v) is 8.50. The third-order valence-corrected chi connectivity index (χ3v) is 4.98. The summed E-state index contributed by atoms with van der Waals surface area (Å²) in [5.41, 5.74) is 1.49. The summed E-state index contributed by atoms with van der Waals surface area (Å²) in [6.07, 6.45) is -0.353. The standard InChI is InChI=1S/C19H14Cl2FNO3/c1-10-13(8-18(24)25)14-7-12(22)3-5-17(14)23(19(10)26)9-11-2-4-15(20)16(21)6-11/h2-7H,8-9H2,1H3,(H,24,25). The molecular weight excluding hydrogens is 380 g/mol. The van der Waals surface area contributed by atoms with Gasteiger partial charge in [-0.1, -0.05) is 29.3 Å². The molecule has 0 unspecified atom stereocenters. The van der Waals surface area contributed by atoms with Crippen LogP contribution in [0.3, 0.4) is 0 Å². The molecule has 0 aliphatic rings. The van der Waals surface area contributed by atoms with Crippen LogP contribution in [-0.2, 0) is 17.8 Å². The van der Waals surface area contributed by atoms with Gasteiger partial charge in [0.15, 0.2) is 0 Å². The van der Waals surface area contributed by atoms with Gasteiger partial charge in [-0.25, -0.2) is 4.39 Å². The molecule has 0 saturated heterocycles. The molecule has 1 heterocycles. The summed E-state index contributed by atoms with van der Waals surface area (Å²) in [5.74, 6) is -1.58. The molecule has 0 radical (unpaired) electrons. The molecule has 0 saturated carbocycles. The van der Waals surface area contributed by atoms with Crippen molar-refractivity contribution in [3.8, 4) is 0 Å². The van der Waals surface area contributed by atoms with Crippen molar-refractivity contribution in [1.82, 2.24) is 4.57 Å². The fraction of sp³-hybridized carbons (Fsp3) is 0.158. The summed E-state index contributed by atoms with van der Waals surface area (Å²) in [6, 6.07) is 9.02. The average Bonchev–Trinajstić information content (AvgIpc) is 2.58. The highest BCUT2D eigenvalue weighted by Gasteiger charge is 2.17. The molecule has 3 aromatic rings. The van der Waals surface area contributed by atoms with E-state index in [0.29, 0.717) is 26.5 Å². The zero-order valence-corrected chi connectivity index (χ0v) is 15.2. The highest BCUT2D eigenvalue weighted by atomic mass is 35.5. The van der Waals surface area contributed by atoms with Crippen molar-refractivity contribution < 1.29 is 14.3 Å². The van der Waals surface area contributed by atoms with E-state index in [1.807, 2.05) is 0 Å². The van der Waals surface area contributed by atoms with E-state index in [1.54, 1.807) is 25.1 Å². The highest BCUT2D eigenvalue weighted by molar-refractivity contribution is 6.42. The van der Waals surface area contributed by atoms with Crippen molar-refractivity contribution >= 4 is 40.1 Å². The molecule has 0 spiro atoms. The Balaban J connectivity index is 2.25. The first-order chi connectivity index (χ1) is 12.3. The smallest absolute Gasteiger partial charge is 0.307 e. The van der Waals surface area contributed by atoms with Crippen LogP contribution in [0.25, 0.3) is 10.9 Å². The van der Waals surface area contributed by atoms with Gasteiger partial charge >= 0.3 is 5.97 Å². The summed E-state index contributed by atoms with van der Waals surface area (Å²) in [6.45, 7) is 1.75. The number of pyridine rings is 1. The zero-order chi connectivity index (χ0) is 19.0. The van der Waals surface area contributed by atoms with Crippen LogP contribution in [0.4, 0.5) is 4.39 Å². The van der Waals surface area contributed by atoms with Crippen molar-refractivity contribution in [3.63, 3.8) is 0 Å². The van der Waals surface area contributed by atoms with E-state index in [2.05, 4.69) is 0 Å². The van der Waals surface area contributed by atoms with Crippen molar-refractivity contribution in [2.24, 2.45) is 0 Å². The van der Waals surface area contributed by atoms with Gasteiger partial charge in [0, 0.05) is 10.9 Å². The molecular formula is C19H14Cl2FNO3. The first kappa shape index (κ1) is 18.4. The molecule has 3 rings (SSSR count). The summed E-state index contributed by atoms with van der Waals surface area (Å²) in [7, 11) is 0. The number of halogens is 3. The van der Waals surface area contributed by atoms with Crippen LogP contribution in [0.5, 0.6) is 0 Å². The van der Waals surface area contributed by atoms with Gasteiger partial charge in [-0.3, -0.25) is 9.59 Å². The van der Waals surface area contributed by atoms with Crippen LogP contribution in [0, 0.1) is 12.7 Å². The van der Waals surface area contributed by atoms with Crippen LogP contribution in [-0.4, -0.2) is 15.6 Å². The molecule has 1 N–H and O–H groups in total. The molecule has 0 aliphatic carbocycles. The van der Waals surface area contributed by atoms with Gasteiger partial charge in [0.05, 0.1) is 28.5 Å². The third kappa shape index (κ3) is 3.45. The maximum atomic E-state index is 13.8. The topological polar surface area (TPSA) is 59.3 Å². The van der Waals surface area contributed by atoms with Gasteiger partial charge in [-0.05, 0) is 48.4 Å². The number of carbonyl (C=O) groups is 1. The second-order valence-corrected chi connectivity index (χ2v) is 6.79. The number of hydrogen-bond donors (Lipinski definition) is 1. The predicted molar refractivity (Wildman–Crippen MR) is 99.8 cm³/mol. The van der Waals surface area contributed by atoms with E-state index in [-0.39, 0.29) is 24.1 Å². The number of fused-ring (bicyclic) bond motifs is 1. The Labute approximate surface area is 158 Å². The number of rotatable bonds is 4. The molecule has 2 aromatic carbocycles. The van der Waals surface area contributed by atoms with Crippen LogP contribution in [0.2, 0.25) is 10.0 Å². The molecule has 0 fully saturated rings. The van der Waals surface area contributed by atoms with Gasteiger partial charge in [0.2, 0.25) is 0 Å². The number of aliphatic carboxylic acids is 1. The monoisotopic (exact) mass is 393 g/mol. The molecule has 1 aromatic heterocycles. The van der Waals surface area contributed by atoms with E-state index in [1.165, 1.54) is 22.8 Å². The quantitative estimate of drug-likeness (QED) is 0.712. The lowest BCUT2D eigenvalue weighted by Crippen LogP contribution is -2.26. The van der Waals surface area contributed by atoms with Gasteiger partial charge in [-0.15, -0.1) is 0 Å². The number of carboxylic acids is 1. The van der Waals surface area contributed by atoms with E-state index in [9.17, 15) is 14.0 Å². The molecule has 26 heavy (non-hydrogen) atoms. The van der Waals surface area contributed by atoms with Crippen molar-refractivity contribution in [2.75, 3.05) is 0 Å². The van der Waals surface area contributed by atoms with Crippen molar-refractivity contribution in [2.45, 2.75) is 19.9 Å². The van der Waals surface area contributed by atoms with E-state index < -0.39 is 11.8 Å². The summed E-state index contributed by atoms with van der Waals surface area (Å²) < 4.78 is 15.3. The number of hydrogen-bond acceptors (Lipinski definition) is 2. The van der Waals surface area contributed by atoms with Crippen LogP contribution in [0.1, 0.15) is 16.7 Å². The lowest BCUT2D eigenvalue weighted by atomic mass is 10.0. The minimum absolute atomic E-state index is 0.200. The SMILES string of the molecule is Cc1c(CC(=O)O)c2cc(F)ccc2n(Cc2ccc(Cl)c(Cl)c2)c1=O. The van der Waals surface area contributed by atoms with Crippen LogP contribution < -0.4 is 5.56 Å². The van der Waals surface area contributed by atoms with Gasteiger partial charge in [-0.2, -0.15) is 0 Å². The zero-order valence-electron chi connectivity index (χ0n) is 13.7. The minimum atomic E-state index is -1.08. The number of benzene rings is 2. The average molecular weight is 394 g/mol. The Kier molecular flexibility index (Phi) is 5.03. The van der Waals surface area contributed by atoms with Crippen LogP contribution >= 0.6 is 23.2 Å². The normalized spacial score (nSPS) is 11.1. The summed E-state index contributed by atoms with van der Waals surface area (Å²) >= 11 is 12.0. The van der Waals surface area contributed by atoms with E-state index in [4.69, 9.17) is 28.3 Å². The van der Waals surface area contributed by atoms with Crippen molar-refractivity contribution in [1.29, 1.82) is 0 Å². The van der Waals surface area contributed by atoms with E-state index in [0.717, 1.165) is 5.56 Å². The Bertz CT molecular complexity index is 1090. The Morgan fingerprint density at radius 2 is 1.88 bits per heavy atom. The van der Waals surface area contributed by atoms with Gasteiger partial charge < -0.3 is 9.67 Å². The maximum absolute atomic E-state index is 13.8. The van der Waals surface area contributed by atoms with Gasteiger partial charge in [0.1, 0.15) is 5.82 Å². The Morgan fingerprint density at radius 3 is 2.54 bits per heavy atom. The van der Waals surface area contributed by atoms with Crippen molar-refractivity contribution in [3.05, 3.63) is 79.3 Å². The molecule has 4 nitrogen and oxygen atoms in total. The Hall–Kier alpha value is -2.37. The highest BCUT2D eigenvalue weighted by Crippen LogP contribution is 2.25. The lowest BCUT2D eigenvalue weighted by molar-refractivity contribution is -0.136. The fourth-order valence-electron chi connectivity index (χ4n) is 2.98. The Morgan fingerprint density at radius 1 is 1.15 bits per heavy atom. The molecule has 0 bridgehead atoms. The third-order valence-electron chi connectivity index (χ3n) is 4.25. The molecule has 0 amide bonds.